The second kappa shape index (κ2) is 3.66. The van der Waals surface area contributed by atoms with Crippen molar-refractivity contribution in [1.82, 2.24) is 14.9 Å². The van der Waals surface area contributed by atoms with E-state index in [-0.39, 0.29) is 11.4 Å². The third-order valence-corrected chi connectivity index (χ3v) is 2.89. The maximum atomic E-state index is 11.6. The van der Waals surface area contributed by atoms with E-state index < -0.39 is 0 Å². The van der Waals surface area contributed by atoms with E-state index in [1.807, 2.05) is 7.05 Å². The Morgan fingerprint density at radius 3 is 2.93 bits per heavy atom. The summed E-state index contributed by atoms with van der Waals surface area (Å²) in [7, 11) is 1.83. The number of nitrogens with two attached hydrogens (primary N) is 1. The van der Waals surface area contributed by atoms with E-state index in [1.54, 1.807) is 17.1 Å². The number of carbonyl (C=O) groups excluding carboxylic acids is 1. The first-order valence-corrected chi connectivity index (χ1v) is 5.14. The molecular formula is C10H16N4O. The minimum atomic E-state index is -0.176. The Hall–Kier alpha value is -1.36. The molecule has 0 aliphatic heterocycles. The normalized spacial score (nSPS) is 18.3. The molecule has 0 bridgehead atoms. The smallest absolute Gasteiger partial charge is 0.271 e. The van der Waals surface area contributed by atoms with Crippen LogP contribution in [-0.4, -0.2) is 27.5 Å². The van der Waals surface area contributed by atoms with Crippen molar-refractivity contribution in [2.24, 2.45) is 12.8 Å². The number of aryl methyl sites for hydroxylation is 1. The van der Waals surface area contributed by atoms with Crippen molar-refractivity contribution in [3.8, 4) is 0 Å². The Bertz CT molecular complexity index is 367. The van der Waals surface area contributed by atoms with Crippen LogP contribution in [0.1, 0.15) is 29.8 Å². The molecule has 2 rings (SSSR count). The Morgan fingerprint density at radius 2 is 2.47 bits per heavy atom. The summed E-state index contributed by atoms with van der Waals surface area (Å²) in [5.41, 5.74) is 6.26. The molecule has 1 aromatic heterocycles. The Balaban J connectivity index is 1.87. The molecule has 1 aliphatic carbocycles. The lowest BCUT2D eigenvalue weighted by atomic mass is 9.78. The highest BCUT2D eigenvalue weighted by molar-refractivity contribution is 5.92. The van der Waals surface area contributed by atoms with Crippen molar-refractivity contribution >= 4 is 5.91 Å². The topological polar surface area (TPSA) is 72.9 Å². The molecular weight excluding hydrogens is 192 g/mol. The third kappa shape index (κ3) is 2.18. The summed E-state index contributed by atoms with van der Waals surface area (Å²) in [4.78, 5) is 15.6. The summed E-state index contributed by atoms with van der Waals surface area (Å²) in [5.74, 6) is -0.146. The SMILES string of the molecule is Cn1cnc(C(=O)NCC2(N)CCC2)c1. The van der Waals surface area contributed by atoms with Crippen LogP contribution >= 0.6 is 0 Å². The second-order valence-corrected chi connectivity index (χ2v) is 4.32. The maximum Gasteiger partial charge on any atom is 0.271 e. The van der Waals surface area contributed by atoms with Gasteiger partial charge in [0.15, 0.2) is 0 Å². The molecule has 1 aromatic rings. The van der Waals surface area contributed by atoms with Crippen molar-refractivity contribution in [3.63, 3.8) is 0 Å². The van der Waals surface area contributed by atoms with Gasteiger partial charge in [-0.15, -0.1) is 0 Å². The van der Waals surface area contributed by atoms with Crippen molar-refractivity contribution < 1.29 is 4.79 Å². The monoisotopic (exact) mass is 208 g/mol. The zero-order chi connectivity index (χ0) is 10.9. The Labute approximate surface area is 88.7 Å². The first kappa shape index (κ1) is 10.2. The van der Waals surface area contributed by atoms with Crippen molar-refractivity contribution in [1.29, 1.82) is 0 Å². The quantitative estimate of drug-likeness (QED) is 0.736. The van der Waals surface area contributed by atoms with E-state index in [0.29, 0.717) is 12.2 Å². The fourth-order valence-electron chi connectivity index (χ4n) is 1.68. The number of rotatable bonds is 3. The molecule has 1 fully saturated rings. The van der Waals surface area contributed by atoms with Crippen LogP contribution in [0.3, 0.4) is 0 Å². The van der Waals surface area contributed by atoms with Gasteiger partial charge in [-0.1, -0.05) is 0 Å². The molecule has 0 saturated heterocycles. The van der Waals surface area contributed by atoms with Gasteiger partial charge in [0.25, 0.3) is 5.91 Å². The molecule has 0 spiro atoms. The van der Waals surface area contributed by atoms with Crippen LogP contribution in [0.4, 0.5) is 0 Å². The molecule has 1 saturated carbocycles. The molecule has 82 valence electrons. The van der Waals surface area contributed by atoms with Gasteiger partial charge in [-0.3, -0.25) is 4.79 Å². The number of imidazole rings is 1. The maximum absolute atomic E-state index is 11.6. The average molecular weight is 208 g/mol. The molecule has 1 amide bonds. The van der Waals surface area contributed by atoms with Gasteiger partial charge in [0.2, 0.25) is 0 Å². The number of carbonyl (C=O) groups is 1. The number of nitrogens with one attached hydrogen (secondary N) is 1. The number of hydrogen-bond acceptors (Lipinski definition) is 3. The summed E-state index contributed by atoms with van der Waals surface area (Å²) >= 11 is 0. The predicted molar refractivity (Wildman–Crippen MR) is 56.3 cm³/mol. The van der Waals surface area contributed by atoms with E-state index in [4.69, 9.17) is 5.73 Å². The number of amides is 1. The Kier molecular flexibility index (Phi) is 2.48. The lowest BCUT2D eigenvalue weighted by molar-refractivity contribution is 0.0925. The van der Waals surface area contributed by atoms with E-state index in [1.165, 1.54) is 0 Å². The molecule has 1 heterocycles. The third-order valence-electron chi connectivity index (χ3n) is 2.89. The summed E-state index contributed by atoms with van der Waals surface area (Å²) in [6, 6.07) is 0. The highest BCUT2D eigenvalue weighted by atomic mass is 16.1. The summed E-state index contributed by atoms with van der Waals surface area (Å²) in [6.07, 6.45) is 6.46. The van der Waals surface area contributed by atoms with Crippen molar-refractivity contribution in [2.75, 3.05) is 6.54 Å². The molecule has 0 radical (unpaired) electrons. The van der Waals surface area contributed by atoms with Crippen LogP contribution in [0, 0.1) is 0 Å². The van der Waals surface area contributed by atoms with Gasteiger partial charge in [-0.25, -0.2) is 4.98 Å². The highest BCUT2D eigenvalue weighted by Crippen LogP contribution is 2.28. The van der Waals surface area contributed by atoms with Crippen LogP contribution in [0.15, 0.2) is 12.5 Å². The lowest BCUT2D eigenvalue weighted by Crippen LogP contribution is -2.54. The lowest BCUT2D eigenvalue weighted by Gasteiger charge is -2.37. The van der Waals surface area contributed by atoms with Crippen LogP contribution in [-0.2, 0) is 7.05 Å². The van der Waals surface area contributed by atoms with Gasteiger partial charge < -0.3 is 15.6 Å². The van der Waals surface area contributed by atoms with Crippen LogP contribution in [0.2, 0.25) is 0 Å². The average Bonchev–Trinajstić information content (AvgIpc) is 2.58. The highest BCUT2D eigenvalue weighted by Gasteiger charge is 2.32. The first-order valence-electron chi connectivity index (χ1n) is 5.14. The van der Waals surface area contributed by atoms with E-state index in [0.717, 1.165) is 19.3 Å². The minimum absolute atomic E-state index is 0.146. The molecule has 0 aromatic carbocycles. The Morgan fingerprint density at radius 1 is 1.73 bits per heavy atom. The standard InChI is InChI=1S/C10H16N4O/c1-14-5-8(13-7-14)9(15)12-6-10(11)3-2-4-10/h5,7H,2-4,6,11H2,1H3,(H,12,15). The van der Waals surface area contributed by atoms with Crippen molar-refractivity contribution in [2.45, 2.75) is 24.8 Å². The number of hydrogen-bond donors (Lipinski definition) is 2. The predicted octanol–water partition coefficient (Wildman–Crippen LogP) is 0.0313. The van der Waals surface area contributed by atoms with Crippen molar-refractivity contribution in [3.05, 3.63) is 18.2 Å². The van der Waals surface area contributed by atoms with Crippen LogP contribution in [0.5, 0.6) is 0 Å². The van der Waals surface area contributed by atoms with Gasteiger partial charge in [-0.2, -0.15) is 0 Å². The zero-order valence-corrected chi connectivity index (χ0v) is 8.86. The van der Waals surface area contributed by atoms with Crippen LogP contribution in [0.25, 0.3) is 0 Å². The van der Waals surface area contributed by atoms with E-state index in [2.05, 4.69) is 10.3 Å². The fourth-order valence-corrected chi connectivity index (χ4v) is 1.68. The van der Waals surface area contributed by atoms with Crippen LogP contribution < -0.4 is 11.1 Å². The van der Waals surface area contributed by atoms with Gasteiger partial charge in [0.1, 0.15) is 5.69 Å². The summed E-state index contributed by atoms with van der Waals surface area (Å²) in [5, 5.41) is 2.81. The summed E-state index contributed by atoms with van der Waals surface area (Å²) < 4.78 is 1.75. The zero-order valence-electron chi connectivity index (χ0n) is 8.86. The minimum Gasteiger partial charge on any atom is -0.349 e. The molecule has 1 aliphatic rings. The van der Waals surface area contributed by atoms with Gasteiger partial charge in [0, 0.05) is 25.3 Å². The molecule has 3 N–H and O–H groups in total. The molecule has 5 heteroatoms. The molecule has 0 atom stereocenters. The van der Waals surface area contributed by atoms with Gasteiger partial charge >= 0.3 is 0 Å². The number of nitrogens with zero attached hydrogens (tertiary/aromatic N) is 2. The van der Waals surface area contributed by atoms with Gasteiger partial charge in [0.05, 0.1) is 6.33 Å². The first-order chi connectivity index (χ1) is 7.09. The summed E-state index contributed by atoms with van der Waals surface area (Å²) in [6.45, 7) is 0.544. The second-order valence-electron chi connectivity index (χ2n) is 4.32. The largest absolute Gasteiger partial charge is 0.349 e. The molecule has 5 nitrogen and oxygen atoms in total. The number of aromatic nitrogens is 2. The fraction of sp³-hybridized carbons (Fsp3) is 0.600. The molecule has 15 heavy (non-hydrogen) atoms. The van der Waals surface area contributed by atoms with Gasteiger partial charge in [-0.05, 0) is 19.3 Å². The van der Waals surface area contributed by atoms with E-state index >= 15 is 0 Å². The van der Waals surface area contributed by atoms with E-state index in [9.17, 15) is 4.79 Å². The molecule has 0 unspecified atom stereocenters.